The van der Waals surface area contributed by atoms with E-state index in [1.165, 1.54) is 11.1 Å². The molecule has 0 saturated carbocycles. The van der Waals surface area contributed by atoms with Gasteiger partial charge in [0.25, 0.3) is 0 Å². The molecule has 0 unspecified atom stereocenters. The molecule has 1 aliphatic rings. The second-order valence-electron chi connectivity index (χ2n) is 6.18. The first kappa shape index (κ1) is 17.8. The quantitative estimate of drug-likeness (QED) is 0.667. The predicted molar refractivity (Wildman–Crippen MR) is 93.8 cm³/mol. The average Bonchev–Trinajstić information content (AvgIpc) is 2.58. The van der Waals surface area contributed by atoms with Crippen LogP contribution in [0.25, 0.3) is 0 Å². The van der Waals surface area contributed by atoms with E-state index in [0.29, 0.717) is 0 Å². The van der Waals surface area contributed by atoms with E-state index in [-0.39, 0.29) is 5.60 Å². The fraction of sp³-hybridized carbons (Fsp3) is 0.611. The number of benzene rings is 1. The lowest BCUT2D eigenvalue weighted by atomic mass is 9.94. The Labute approximate surface area is 139 Å². The van der Waals surface area contributed by atoms with Gasteiger partial charge in [0.1, 0.15) is 0 Å². The molecule has 1 saturated heterocycles. The lowest BCUT2D eigenvalue weighted by Gasteiger charge is -2.37. The van der Waals surface area contributed by atoms with Gasteiger partial charge < -0.3 is 19.7 Å². The normalized spacial score (nSPS) is 17.8. The Morgan fingerprint density at radius 3 is 2.65 bits per heavy atom. The van der Waals surface area contributed by atoms with Gasteiger partial charge in [0.2, 0.25) is 0 Å². The van der Waals surface area contributed by atoms with Crippen molar-refractivity contribution in [2.24, 2.45) is 4.99 Å². The summed E-state index contributed by atoms with van der Waals surface area (Å²) < 4.78 is 11.2. The zero-order valence-corrected chi connectivity index (χ0v) is 14.8. The van der Waals surface area contributed by atoms with Gasteiger partial charge in [-0.15, -0.1) is 0 Å². The van der Waals surface area contributed by atoms with Crippen molar-refractivity contribution in [3.63, 3.8) is 0 Å². The Bertz CT molecular complexity index is 525. The molecular formula is C18H29N3O2. The summed E-state index contributed by atoms with van der Waals surface area (Å²) in [5.74, 6) is 0.885. The molecule has 1 N–H and O–H groups in total. The van der Waals surface area contributed by atoms with Crippen molar-refractivity contribution in [3.05, 3.63) is 35.4 Å². The number of nitrogens with zero attached hydrogens (tertiary/aromatic N) is 2. The highest BCUT2D eigenvalue weighted by molar-refractivity contribution is 5.79. The van der Waals surface area contributed by atoms with Crippen LogP contribution in [-0.2, 0) is 16.0 Å². The van der Waals surface area contributed by atoms with Gasteiger partial charge in [0.05, 0.1) is 5.60 Å². The lowest BCUT2D eigenvalue weighted by Crippen LogP contribution is -2.50. The van der Waals surface area contributed by atoms with Gasteiger partial charge in [-0.2, -0.15) is 0 Å². The Kier molecular flexibility index (Phi) is 6.42. The van der Waals surface area contributed by atoms with Crippen LogP contribution >= 0.6 is 0 Å². The minimum atomic E-state index is -0.155. The van der Waals surface area contributed by atoms with Crippen molar-refractivity contribution < 1.29 is 9.47 Å². The molecule has 1 aliphatic heterocycles. The summed E-state index contributed by atoms with van der Waals surface area (Å²) in [4.78, 5) is 6.55. The number of aliphatic imine (C=N–C) groups is 1. The van der Waals surface area contributed by atoms with E-state index in [9.17, 15) is 0 Å². The van der Waals surface area contributed by atoms with Crippen LogP contribution in [0.5, 0.6) is 0 Å². The van der Waals surface area contributed by atoms with Crippen LogP contribution in [0.1, 0.15) is 24.0 Å². The third kappa shape index (κ3) is 4.69. The Hall–Kier alpha value is -1.59. The molecule has 5 heteroatoms. The molecule has 0 atom stereocenters. The molecular weight excluding hydrogens is 290 g/mol. The highest BCUT2D eigenvalue weighted by atomic mass is 16.5. The van der Waals surface area contributed by atoms with E-state index in [0.717, 1.165) is 45.1 Å². The molecule has 0 aromatic heterocycles. The van der Waals surface area contributed by atoms with Gasteiger partial charge in [-0.25, -0.2) is 0 Å². The van der Waals surface area contributed by atoms with Gasteiger partial charge >= 0.3 is 0 Å². The maximum Gasteiger partial charge on any atom is 0.193 e. The highest BCUT2D eigenvalue weighted by Gasteiger charge is 2.32. The molecule has 5 nitrogen and oxygen atoms in total. The molecule has 0 aliphatic carbocycles. The number of hydrogen-bond acceptors (Lipinski definition) is 3. The van der Waals surface area contributed by atoms with Crippen molar-refractivity contribution >= 4 is 5.96 Å². The zero-order chi connectivity index (χ0) is 16.7. The fourth-order valence-corrected chi connectivity index (χ4v) is 2.94. The lowest BCUT2D eigenvalue weighted by molar-refractivity contribution is -0.0857. The van der Waals surface area contributed by atoms with Crippen LogP contribution in [0, 0.1) is 6.92 Å². The first-order chi connectivity index (χ1) is 11.1. The van der Waals surface area contributed by atoms with Crippen LogP contribution in [0.4, 0.5) is 0 Å². The predicted octanol–water partition coefficient (Wildman–Crippen LogP) is 2.20. The van der Waals surface area contributed by atoms with E-state index in [4.69, 9.17) is 9.47 Å². The number of methoxy groups -OCH3 is 1. The summed E-state index contributed by atoms with van der Waals surface area (Å²) in [5.41, 5.74) is 2.45. The summed E-state index contributed by atoms with van der Waals surface area (Å²) in [6, 6.07) is 8.45. The monoisotopic (exact) mass is 319 g/mol. The van der Waals surface area contributed by atoms with E-state index in [2.05, 4.69) is 53.4 Å². The van der Waals surface area contributed by atoms with Gasteiger partial charge in [0.15, 0.2) is 5.96 Å². The smallest absolute Gasteiger partial charge is 0.193 e. The van der Waals surface area contributed by atoms with Crippen LogP contribution in [0.2, 0.25) is 0 Å². The summed E-state index contributed by atoms with van der Waals surface area (Å²) in [6.45, 7) is 5.23. The number of nitrogens with one attached hydrogen (secondary N) is 1. The SMILES string of the molecule is CN=C(NCC1(OC)CCOCC1)N(C)Cc1ccccc1C. The zero-order valence-electron chi connectivity index (χ0n) is 14.8. The molecule has 1 fully saturated rings. The highest BCUT2D eigenvalue weighted by Crippen LogP contribution is 2.23. The van der Waals surface area contributed by atoms with Gasteiger partial charge in [-0.05, 0) is 18.1 Å². The first-order valence-corrected chi connectivity index (χ1v) is 8.19. The fourth-order valence-electron chi connectivity index (χ4n) is 2.94. The molecule has 1 aromatic rings. The summed E-state index contributed by atoms with van der Waals surface area (Å²) in [7, 11) is 5.66. The van der Waals surface area contributed by atoms with Crippen molar-refractivity contribution in [3.8, 4) is 0 Å². The van der Waals surface area contributed by atoms with Crippen LogP contribution in [0.3, 0.4) is 0 Å². The minimum Gasteiger partial charge on any atom is -0.381 e. The number of guanidine groups is 1. The van der Waals surface area contributed by atoms with Gasteiger partial charge in [0, 0.05) is 60.4 Å². The Balaban J connectivity index is 1.95. The van der Waals surface area contributed by atoms with Gasteiger partial charge in [-0.3, -0.25) is 4.99 Å². The molecule has 0 spiro atoms. The molecule has 0 bridgehead atoms. The molecule has 1 aromatic carbocycles. The number of aryl methyl sites for hydroxylation is 1. The third-order valence-electron chi connectivity index (χ3n) is 4.65. The van der Waals surface area contributed by atoms with Crippen molar-refractivity contribution in [2.75, 3.05) is 41.0 Å². The van der Waals surface area contributed by atoms with Crippen LogP contribution in [-0.4, -0.2) is 57.4 Å². The number of ether oxygens (including phenoxy) is 2. The first-order valence-electron chi connectivity index (χ1n) is 8.19. The molecule has 128 valence electrons. The number of rotatable bonds is 5. The Morgan fingerprint density at radius 1 is 1.35 bits per heavy atom. The second-order valence-corrected chi connectivity index (χ2v) is 6.18. The topological polar surface area (TPSA) is 46.1 Å². The maximum atomic E-state index is 5.77. The molecule has 2 rings (SSSR count). The van der Waals surface area contributed by atoms with Crippen molar-refractivity contribution in [1.82, 2.24) is 10.2 Å². The standard InChI is InChI=1S/C18H29N3O2/c1-15-7-5-6-8-16(15)13-21(3)17(19-2)20-14-18(22-4)9-11-23-12-10-18/h5-8H,9-14H2,1-4H3,(H,19,20). The maximum absolute atomic E-state index is 5.77. The summed E-state index contributed by atoms with van der Waals surface area (Å²) in [6.07, 6.45) is 1.82. The summed E-state index contributed by atoms with van der Waals surface area (Å²) in [5, 5.41) is 3.47. The minimum absolute atomic E-state index is 0.155. The largest absolute Gasteiger partial charge is 0.381 e. The average molecular weight is 319 g/mol. The molecule has 0 amide bonds. The van der Waals surface area contributed by atoms with Crippen LogP contribution in [0.15, 0.2) is 29.3 Å². The van der Waals surface area contributed by atoms with Gasteiger partial charge in [-0.1, -0.05) is 24.3 Å². The molecule has 23 heavy (non-hydrogen) atoms. The third-order valence-corrected chi connectivity index (χ3v) is 4.65. The van der Waals surface area contributed by atoms with Crippen LogP contribution < -0.4 is 5.32 Å². The number of hydrogen-bond donors (Lipinski definition) is 1. The Morgan fingerprint density at radius 2 is 2.04 bits per heavy atom. The van der Waals surface area contributed by atoms with E-state index in [1.54, 1.807) is 7.11 Å². The van der Waals surface area contributed by atoms with E-state index >= 15 is 0 Å². The molecule has 0 radical (unpaired) electrons. The van der Waals surface area contributed by atoms with Crippen molar-refractivity contribution in [2.45, 2.75) is 31.9 Å². The van der Waals surface area contributed by atoms with E-state index in [1.807, 2.05) is 7.05 Å². The summed E-state index contributed by atoms with van der Waals surface area (Å²) >= 11 is 0. The second kappa shape index (κ2) is 8.31. The molecule has 1 heterocycles. The van der Waals surface area contributed by atoms with Crippen molar-refractivity contribution in [1.29, 1.82) is 0 Å². The van der Waals surface area contributed by atoms with E-state index < -0.39 is 0 Å².